The van der Waals surface area contributed by atoms with E-state index in [0.29, 0.717) is 6.42 Å². The summed E-state index contributed by atoms with van der Waals surface area (Å²) in [5.41, 5.74) is -0.953. The van der Waals surface area contributed by atoms with Crippen molar-refractivity contribution in [2.24, 2.45) is 0 Å². The molecule has 0 radical (unpaired) electrons. The highest BCUT2D eigenvalue weighted by molar-refractivity contribution is 5.11. The van der Waals surface area contributed by atoms with Crippen LogP contribution in [0.5, 0.6) is 0 Å². The largest absolute Gasteiger partial charge is 0.339 e. The molecule has 2 saturated heterocycles. The monoisotopic (exact) mass is 216 g/mol. The molecule has 0 bridgehead atoms. The van der Waals surface area contributed by atoms with Crippen molar-refractivity contribution in [1.82, 2.24) is 0 Å². The van der Waals surface area contributed by atoms with E-state index in [-0.39, 0.29) is 0 Å². The molecule has 0 unspecified atom stereocenters. The van der Waals surface area contributed by atoms with Gasteiger partial charge in [0.1, 0.15) is 11.7 Å². The molecule has 2 heterocycles. The topological polar surface area (TPSA) is 27.7 Å². The van der Waals surface area contributed by atoms with E-state index in [1.807, 2.05) is 6.92 Å². The maximum atomic E-state index is 14.1. The molecular weight excluding hydrogens is 199 g/mol. The van der Waals surface area contributed by atoms with Crippen molar-refractivity contribution in [3.8, 4) is 0 Å². The van der Waals surface area contributed by atoms with Gasteiger partial charge in [-0.25, -0.2) is 4.39 Å². The zero-order valence-corrected chi connectivity index (χ0v) is 9.33. The third-order valence-corrected chi connectivity index (χ3v) is 3.08. The minimum Gasteiger partial charge on any atom is -0.339 e. The van der Waals surface area contributed by atoms with Crippen LogP contribution in [0, 0.1) is 0 Å². The third kappa shape index (κ3) is 1.51. The Bertz CT molecular complexity index is 279. The summed E-state index contributed by atoms with van der Waals surface area (Å²) in [6.07, 6.45) is -0.439. The minimum absolute atomic E-state index is 0.526. The first-order valence-electron chi connectivity index (χ1n) is 5.25. The Hall–Kier alpha value is -0.450. The van der Waals surface area contributed by atoms with Gasteiger partial charge >= 0.3 is 0 Å². The standard InChI is InChI=1S/C11H17FO3/c1-5-11(6-2)8(12)7-9(15-11)14-10(3,4)13-7/h5,7-9H,1,6H2,2-4H3/t7-,8+,9+,11-/m1/s1. The predicted molar refractivity (Wildman–Crippen MR) is 53.0 cm³/mol. The van der Waals surface area contributed by atoms with Gasteiger partial charge in [-0.05, 0) is 20.3 Å². The van der Waals surface area contributed by atoms with E-state index >= 15 is 0 Å². The van der Waals surface area contributed by atoms with Crippen molar-refractivity contribution in [2.75, 3.05) is 0 Å². The smallest absolute Gasteiger partial charge is 0.191 e. The summed E-state index contributed by atoms with van der Waals surface area (Å²) in [6.45, 7) is 8.99. The number of rotatable bonds is 2. The molecule has 2 aliphatic rings. The highest BCUT2D eigenvalue weighted by atomic mass is 19.1. The van der Waals surface area contributed by atoms with Crippen molar-refractivity contribution < 1.29 is 18.6 Å². The fourth-order valence-corrected chi connectivity index (χ4v) is 2.19. The van der Waals surface area contributed by atoms with Crippen LogP contribution in [0.15, 0.2) is 12.7 Å². The van der Waals surface area contributed by atoms with Gasteiger partial charge in [0.15, 0.2) is 18.2 Å². The zero-order valence-electron chi connectivity index (χ0n) is 9.33. The molecular formula is C11H17FO3. The van der Waals surface area contributed by atoms with E-state index in [0.717, 1.165) is 0 Å². The fourth-order valence-electron chi connectivity index (χ4n) is 2.19. The Balaban J connectivity index is 2.21. The first kappa shape index (κ1) is 11.0. The van der Waals surface area contributed by atoms with Gasteiger partial charge in [-0.2, -0.15) is 0 Å². The van der Waals surface area contributed by atoms with Crippen molar-refractivity contribution in [1.29, 1.82) is 0 Å². The lowest BCUT2D eigenvalue weighted by atomic mass is 9.94. The van der Waals surface area contributed by atoms with Gasteiger partial charge in [-0.1, -0.05) is 13.0 Å². The number of fused-ring (bicyclic) bond motifs is 1. The SMILES string of the molecule is C=C[C@]1(CC)O[C@@H]2OC(C)(C)O[C@@H]2[C@@H]1F. The summed E-state index contributed by atoms with van der Waals surface area (Å²) in [6, 6.07) is 0. The number of halogens is 1. The summed E-state index contributed by atoms with van der Waals surface area (Å²) in [5.74, 6) is -0.763. The van der Waals surface area contributed by atoms with Gasteiger partial charge in [-0.3, -0.25) is 0 Å². The van der Waals surface area contributed by atoms with Crippen LogP contribution in [0.25, 0.3) is 0 Å². The molecule has 15 heavy (non-hydrogen) atoms. The summed E-state index contributed by atoms with van der Waals surface area (Å²) >= 11 is 0. The van der Waals surface area contributed by atoms with Crippen LogP contribution in [0.2, 0.25) is 0 Å². The number of alkyl halides is 1. The summed E-state index contributed by atoms with van der Waals surface area (Å²) in [4.78, 5) is 0. The number of hydrogen-bond donors (Lipinski definition) is 0. The fraction of sp³-hybridized carbons (Fsp3) is 0.818. The summed E-state index contributed by atoms with van der Waals surface area (Å²) in [5, 5.41) is 0. The summed E-state index contributed by atoms with van der Waals surface area (Å²) in [7, 11) is 0. The van der Waals surface area contributed by atoms with Crippen molar-refractivity contribution >= 4 is 0 Å². The number of ether oxygens (including phenoxy) is 3. The molecule has 0 aliphatic carbocycles. The molecule has 3 nitrogen and oxygen atoms in total. The van der Waals surface area contributed by atoms with E-state index < -0.39 is 30.0 Å². The van der Waals surface area contributed by atoms with E-state index in [1.54, 1.807) is 13.8 Å². The van der Waals surface area contributed by atoms with Crippen LogP contribution in [0.3, 0.4) is 0 Å². The molecule has 0 saturated carbocycles. The molecule has 0 aromatic carbocycles. The van der Waals surface area contributed by atoms with Crippen LogP contribution in [-0.4, -0.2) is 30.0 Å². The Kier molecular flexibility index (Phi) is 2.41. The second-order valence-electron chi connectivity index (χ2n) is 4.50. The minimum atomic E-state index is -1.22. The molecule has 2 fully saturated rings. The first-order chi connectivity index (χ1) is 6.94. The van der Waals surface area contributed by atoms with E-state index in [2.05, 4.69) is 6.58 Å². The van der Waals surface area contributed by atoms with Crippen molar-refractivity contribution in [3.05, 3.63) is 12.7 Å². The molecule has 86 valence electrons. The van der Waals surface area contributed by atoms with Crippen LogP contribution < -0.4 is 0 Å². The van der Waals surface area contributed by atoms with E-state index in [4.69, 9.17) is 14.2 Å². The van der Waals surface area contributed by atoms with Gasteiger partial charge < -0.3 is 14.2 Å². The normalized spacial score (nSPS) is 47.9. The van der Waals surface area contributed by atoms with Gasteiger partial charge in [0.2, 0.25) is 0 Å². The van der Waals surface area contributed by atoms with Gasteiger partial charge in [0, 0.05) is 0 Å². The van der Waals surface area contributed by atoms with Crippen molar-refractivity contribution in [2.45, 2.75) is 57.1 Å². The molecule has 4 heteroatoms. The van der Waals surface area contributed by atoms with Crippen molar-refractivity contribution in [3.63, 3.8) is 0 Å². The van der Waals surface area contributed by atoms with Gasteiger partial charge in [-0.15, -0.1) is 6.58 Å². The quantitative estimate of drug-likeness (QED) is 0.662. The van der Waals surface area contributed by atoms with Gasteiger partial charge in [0.05, 0.1) is 0 Å². The molecule has 0 aromatic heterocycles. The average molecular weight is 216 g/mol. The summed E-state index contributed by atoms with van der Waals surface area (Å²) < 4.78 is 30.7. The van der Waals surface area contributed by atoms with E-state index in [9.17, 15) is 4.39 Å². The van der Waals surface area contributed by atoms with Gasteiger partial charge in [0.25, 0.3) is 0 Å². The second-order valence-corrected chi connectivity index (χ2v) is 4.50. The van der Waals surface area contributed by atoms with Crippen LogP contribution in [0.4, 0.5) is 4.39 Å². The highest BCUT2D eigenvalue weighted by Gasteiger charge is 2.60. The third-order valence-electron chi connectivity index (χ3n) is 3.08. The Morgan fingerprint density at radius 2 is 2.00 bits per heavy atom. The Morgan fingerprint density at radius 1 is 1.33 bits per heavy atom. The van der Waals surface area contributed by atoms with Crippen LogP contribution in [-0.2, 0) is 14.2 Å². The molecule has 2 aliphatic heterocycles. The molecule has 4 atom stereocenters. The predicted octanol–water partition coefficient (Wildman–Crippen LogP) is 2.17. The Labute approximate surface area is 89.2 Å². The number of hydrogen-bond acceptors (Lipinski definition) is 3. The highest BCUT2D eigenvalue weighted by Crippen LogP contribution is 2.45. The van der Waals surface area contributed by atoms with E-state index in [1.165, 1.54) is 6.08 Å². The zero-order chi connectivity index (χ0) is 11.3. The molecule has 0 aromatic rings. The lowest BCUT2D eigenvalue weighted by Gasteiger charge is -2.29. The lowest BCUT2D eigenvalue weighted by Crippen LogP contribution is -2.40. The molecule has 0 spiro atoms. The Morgan fingerprint density at radius 3 is 2.47 bits per heavy atom. The first-order valence-corrected chi connectivity index (χ1v) is 5.25. The molecule has 2 rings (SSSR count). The average Bonchev–Trinajstić information content (AvgIpc) is 2.59. The second kappa shape index (κ2) is 3.27. The molecule has 0 amide bonds. The molecule has 0 N–H and O–H groups in total. The maximum Gasteiger partial charge on any atom is 0.191 e. The maximum absolute atomic E-state index is 14.1. The van der Waals surface area contributed by atoms with Crippen LogP contribution in [0.1, 0.15) is 27.2 Å². The van der Waals surface area contributed by atoms with Crippen LogP contribution >= 0.6 is 0 Å². The lowest BCUT2D eigenvalue weighted by molar-refractivity contribution is -0.224.